The van der Waals surface area contributed by atoms with E-state index in [-0.39, 0.29) is 6.04 Å². The van der Waals surface area contributed by atoms with Crippen LogP contribution in [-0.4, -0.2) is 26.8 Å². The van der Waals surface area contributed by atoms with Crippen LogP contribution in [0.25, 0.3) is 5.69 Å². The molecule has 1 aromatic carbocycles. The lowest BCUT2D eigenvalue weighted by Gasteiger charge is -2.09. The summed E-state index contributed by atoms with van der Waals surface area (Å²) in [5, 5.41) is 11.6. The Labute approximate surface area is 125 Å². The Morgan fingerprint density at radius 1 is 1.19 bits per heavy atom. The van der Waals surface area contributed by atoms with Crippen molar-refractivity contribution in [3.8, 4) is 11.4 Å². The van der Waals surface area contributed by atoms with Crippen molar-refractivity contribution in [3.05, 3.63) is 30.1 Å². The van der Waals surface area contributed by atoms with Crippen LogP contribution in [0.4, 0.5) is 0 Å². The number of rotatable bonds is 8. The van der Waals surface area contributed by atoms with Crippen molar-refractivity contribution in [2.24, 2.45) is 5.73 Å². The highest BCUT2D eigenvalue weighted by molar-refractivity contribution is 5.37. The molecule has 114 valence electrons. The van der Waals surface area contributed by atoms with Gasteiger partial charge in [0.25, 0.3) is 0 Å². The number of hydrogen-bond acceptors (Lipinski definition) is 5. The van der Waals surface area contributed by atoms with Crippen LogP contribution in [0.2, 0.25) is 0 Å². The third-order valence-electron chi connectivity index (χ3n) is 3.25. The zero-order chi connectivity index (χ0) is 15.1. The van der Waals surface area contributed by atoms with E-state index in [0.717, 1.165) is 24.5 Å². The largest absolute Gasteiger partial charge is 0.494 e. The second-order valence-corrected chi connectivity index (χ2v) is 5.14. The van der Waals surface area contributed by atoms with E-state index in [1.165, 1.54) is 19.3 Å². The van der Waals surface area contributed by atoms with Crippen LogP contribution < -0.4 is 10.5 Å². The average molecular weight is 289 g/mol. The van der Waals surface area contributed by atoms with Gasteiger partial charge in [-0.15, -0.1) is 5.10 Å². The van der Waals surface area contributed by atoms with E-state index in [1.807, 2.05) is 31.2 Å². The highest BCUT2D eigenvalue weighted by Crippen LogP contribution is 2.17. The van der Waals surface area contributed by atoms with Gasteiger partial charge in [0.2, 0.25) is 0 Å². The third kappa shape index (κ3) is 4.26. The smallest absolute Gasteiger partial charge is 0.173 e. The van der Waals surface area contributed by atoms with Gasteiger partial charge in [-0.2, -0.15) is 4.68 Å². The van der Waals surface area contributed by atoms with Gasteiger partial charge in [-0.3, -0.25) is 0 Å². The first-order valence-corrected chi connectivity index (χ1v) is 7.49. The van der Waals surface area contributed by atoms with Crippen molar-refractivity contribution in [1.29, 1.82) is 0 Å². The van der Waals surface area contributed by atoms with E-state index in [0.29, 0.717) is 5.82 Å². The predicted octanol–water partition coefficient (Wildman–Crippen LogP) is 2.64. The molecule has 0 aliphatic carbocycles. The Kier molecular flexibility index (Phi) is 5.68. The minimum Gasteiger partial charge on any atom is -0.494 e. The molecule has 0 aliphatic rings. The molecule has 1 unspecified atom stereocenters. The van der Waals surface area contributed by atoms with Crippen LogP contribution in [0, 0.1) is 0 Å². The predicted molar refractivity (Wildman–Crippen MR) is 81.4 cm³/mol. The number of aromatic nitrogens is 4. The molecular weight excluding hydrogens is 266 g/mol. The van der Waals surface area contributed by atoms with E-state index in [9.17, 15) is 0 Å². The summed E-state index contributed by atoms with van der Waals surface area (Å²) in [6, 6.07) is 7.52. The molecule has 2 rings (SSSR count). The molecule has 6 nitrogen and oxygen atoms in total. The van der Waals surface area contributed by atoms with E-state index < -0.39 is 0 Å². The van der Waals surface area contributed by atoms with Crippen molar-refractivity contribution in [2.45, 2.75) is 45.6 Å². The molecule has 0 radical (unpaired) electrons. The van der Waals surface area contributed by atoms with E-state index in [4.69, 9.17) is 10.5 Å². The molecule has 2 N–H and O–H groups in total. The monoisotopic (exact) mass is 289 g/mol. The number of ether oxygens (including phenoxy) is 1. The summed E-state index contributed by atoms with van der Waals surface area (Å²) in [6.45, 7) is 4.82. The van der Waals surface area contributed by atoms with E-state index >= 15 is 0 Å². The van der Waals surface area contributed by atoms with Gasteiger partial charge in [-0.25, -0.2) is 0 Å². The fourth-order valence-corrected chi connectivity index (χ4v) is 2.06. The number of benzene rings is 1. The number of unbranched alkanes of at least 4 members (excludes halogenated alkanes) is 3. The molecule has 0 amide bonds. The molecular formula is C15H23N5O. The fraction of sp³-hybridized carbons (Fsp3) is 0.533. The molecule has 0 spiro atoms. The maximum absolute atomic E-state index is 5.84. The van der Waals surface area contributed by atoms with E-state index in [2.05, 4.69) is 22.4 Å². The van der Waals surface area contributed by atoms with Gasteiger partial charge in [0.1, 0.15) is 5.75 Å². The lowest BCUT2D eigenvalue weighted by atomic mass is 10.2. The Balaban J connectivity index is 1.94. The summed E-state index contributed by atoms with van der Waals surface area (Å²) < 4.78 is 7.37. The second-order valence-electron chi connectivity index (χ2n) is 5.14. The molecule has 0 saturated heterocycles. The summed E-state index contributed by atoms with van der Waals surface area (Å²) in [5.41, 5.74) is 6.72. The minimum absolute atomic E-state index is 0.213. The Morgan fingerprint density at radius 3 is 2.62 bits per heavy atom. The number of tetrazole rings is 1. The van der Waals surface area contributed by atoms with Crippen molar-refractivity contribution in [3.63, 3.8) is 0 Å². The number of nitrogens with two attached hydrogens (primary N) is 1. The van der Waals surface area contributed by atoms with Gasteiger partial charge < -0.3 is 10.5 Å². The Morgan fingerprint density at radius 2 is 1.95 bits per heavy atom. The molecule has 2 aromatic rings. The molecule has 6 heteroatoms. The maximum Gasteiger partial charge on any atom is 0.173 e. The molecule has 1 heterocycles. The molecule has 0 bridgehead atoms. The standard InChI is InChI=1S/C15H23N5O/c1-3-4-5-6-11-21-14-9-7-13(8-10-14)20-15(12(2)16)17-18-19-20/h7-10,12H,3-6,11,16H2,1-2H3. The second kappa shape index (κ2) is 7.73. The molecule has 0 saturated carbocycles. The first-order valence-electron chi connectivity index (χ1n) is 7.49. The molecule has 21 heavy (non-hydrogen) atoms. The van der Waals surface area contributed by atoms with Crippen LogP contribution in [0.3, 0.4) is 0 Å². The Bertz CT molecular complexity index is 535. The molecule has 1 atom stereocenters. The summed E-state index contributed by atoms with van der Waals surface area (Å²) in [4.78, 5) is 0. The van der Waals surface area contributed by atoms with Crippen LogP contribution in [0.1, 0.15) is 51.4 Å². The van der Waals surface area contributed by atoms with Gasteiger partial charge in [0, 0.05) is 0 Å². The van der Waals surface area contributed by atoms with Crippen LogP contribution in [0.5, 0.6) is 5.75 Å². The van der Waals surface area contributed by atoms with Crippen LogP contribution in [-0.2, 0) is 0 Å². The van der Waals surface area contributed by atoms with Gasteiger partial charge >= 0.3 is 0 Å². The quantitative estimate of drug-likeness (QED) is 0.756. The zero-order valence-electron chi connectivity index (χ0n) is 12.7. The SMILES string of the molecule is CCCCCCOc1ccc(-n2nnnc2C(C)N)cc1. The Hall–Kier alpha value is -1.95. The fourth-order valence-electron chi connectivity index (χ4n) is 2.06. The van der Waals surface area contributed by atoms with Crippen molar-refractivity contribution < 1.29 is 4.74 Å². The lowest BCUT2D eigenvalue weighted by molar-refractivity contribution is 0.305. The first-order chi connectivity index (χ1) is 10.2. The van der Waals surface area contributed by atoms with Crippen molar-refractivity contribution in [2.75, 3.05) is 6.61 Å². The summed E-state index contributed by atoms with van der Waals surface area (Å²) in [6.07, 6.45) is 4.82. The first kappa shape index (κ1) is 15.4. The maximum atomic E-state index is 5.84. The topological polar surface area (TPSA) is 78.8 Å². The van der Waals surface area contributed by atoms with Crippen molar-refractivity contribution in [1.82, 2.24) is 20.2 Å². The average Bonchev–Trinajstić information content (AvgIpc) is 2.97. The van der Waals surface area contributed by atoms with Gasteiger partial charge in [-0.05, 0) is 48.0 Å². The van der Waals surface area contributed by atoms with Crippen LogP contribution >= 0.6 is 0 Å². The molecule has 0 aliphatic heterocycles. The summed E-state index contributed by atoms with van der Waals surface area (Å²) in [5.74, 6) is 1.51. The highest BCUT2D eigenvalue weighted by Gasteiger charge is 2.11. The molecule has 0 fully saturated rings. The van der Waals surface area contributed by atoms with E-state index in [1.54, 1.807) is 4.68 Å². The van der Waals surface area contributed by atoms with Gasteiger partial charge in [0.05, 0.1) is 18.3 Å². The van der Waals surface area contributed by atoms with Gasteiger partial charge in [-0.1, -0.05) is 26.2 Å². The molecule has 1 aromatic heterocycles. The third-order valence-corrected chi connectivity index (χ3v) is 3.25. The number of nitrogens with zero attached hydrogens (tertiary/aromatic N) is 4. The summed E-state index contributed by atoms with van der Waals surface area (Å²) in [7, 11) is 0. The summed E-state index contributed by atoms with van der Waals surface area (Å²) >= 11 is 0. The minimum atomic E-state index is -0.213. The van der Waals surface area contributed by atoms with Gasteiger partial charge in [0.15, 0.2) is 5.82 Å². The normalized spacial score (nSPS) is 12.3. The highest BCUT2D eigenvalue weighted by atomic mass is 16.5. The zero-order valence-corrected chi connectivity index (χ0v) is 12.7. The van der Waals surface area contributed by atoms with Crippen LogP contribution in [0.15, 0.2) is 24.3 Å². The van der Waals surface area contributed by atoms with Crippen molar-refractivity contribution >= 4 is 0 Å². The lowest BCUT2D eigenvalue weighted by Crippen LogP contribution is -2.13. The number of hydrogen-bond donors (Lipinski definition) is 1.